The van der Waals surface area contributed by atoms with Crippen molar-refractivity contribution in [1.82, 2.24) is 15.1 Å². The van der Waals surface area contributed by atoms with Crippen LogP contribution in [0.2, 0.25) is 10.0 Å². The monoisotopic (exact) mass is 635 g/mol. The van der Waals surface area contributed by atoms with Crippen LogP contribution in [0.1, 0.15) is 28.4 Å². The molecule has 1 heterocycles. The topological polar surface area (TPSA) is 162 Å². The molecule has 4 amide bonds. The van der Waals surface area contributed by atoms with Gasteiger partial charge in [-0.2, -0.15) is 0 Å². The number of benzene rings is 3. The van der Waals surface area contributed by atoms with Gasteiger partial charge in [-0.15, -0.1) is 0 Å². The van der Waals surface area contributed by atoms with Crippen molar-refractivity contribution >= 4 is 58.4 Å². The molecule has 0 saturated carbocycles. The first-order valence-corrected chi connectivity index (χ1v) is 13.2. The number of carbonyl (C=O) groups excluding carboxylic acids is 3. The van der Waals surface area contributed by atoms with E-state index in [0.29, 0.717) is 6.07 Å². The van der Waals surface area contributed by atoms with Crippen LogP contribution in [0, 0.1) is 21.7 Å². The average Bonchev–Trinajstić information content (AvgIpc) is 3.40. The van der Waals surface area contributed by atoms with Crippen LogP contribution >= 0.6 is 23.2 Å². The van der Waals surface area contributed by atoms with Crippen molar-refractivity contribution in [2.75, 3.05) is 18.4 Å². The summed E-state index contributed by atoms with van der Waals surface area (Å²) in [6, 6.07) is 8.98. The molecule has 3 aromatic carbocycles. The highest BCUT2D eigenvalue weighted by Crippen LogP contribution is 2.28. The lowest BCUT2D eigenvalue weighted by Crippen LogP contribution is -2.55. The zero-order valence-electron chi connectivity index (χ0n) is 21.8. The fourth-order valence-corrected chi connectivity index (χ4v) is 4.74. The number of nitro groups is 1. The number of hydrogen-bond acceptors (Lipinski definition) is 6. The number of nitrogens with one attached hydrogen (secondary N) is 2. The predicted octanol–water partition coefficient (Wildman–Crippen LogP) is 4.83. The van der Waals surface area contributed by atoms with Gasteiger partial charge in [0.2, 0.25) is 0 Å². The number of nitro benzene ring substituents is 1. The van der Waals surface area contributed by atoms with Gasteiger partial charge < -0.3 is 20.6 Å². The van der Waals surface area contributed by atoms with E-state index < -0.39 is 64.7 Å². The number of rotatable bonds is 8. The van der Waals surface area contributed by atoms with Gasteiger partial charge in [0.25, 0.3) is 17.5 Å². The molecule has 1 saturated heterocycles. The van der Waals surface area contributed by atoms with Crippen molar-refractivity contribution in [2.45, 2.75) is 18.6 Å². The predicted molar refractivity (Wildman–Crippen MR) is 150 cm³/mol. The minimum atomic E-state index is -1.69. The molecule has 2 unspecified atom stereocenters. The van der Waals surface area contributed by atoms with E-state index in [4.69, 9.17) is 23.2 Å². The second kappa shape index (κ2) is 13.0. The highest BCUT2D eigenvalue weighted by Gasteiger charge is 2.44. The van der Waals surface area contributed by atoms with Gasteiger partial charge in [-0.1, -0.05) is 35.3 Å². The number of anilines is 1. The molecule has 43 heavy (non-hydrogen) atoms. The molecule has 3 aromatic rings. The molecule has 16 heteroatoms. The number of aliphatic carboxylic acids is 1. The second-order valence-electron chi connectivity index (χ2n) is 9.26. The molecule has 4 rings (SSSR count). The Hall–Kier alpha value is -4.82. The fraction of sp³-hybridized carbons (Fsp3) is 0.185. The maximum absolute atomic E-state index is 14.3. The molecule has 12 nitrogen and oxygen atoms in total. The van der Waals surface area contributed by atoms with Crippen molar-refractivity contribution in [3.05, 3.63) is 104 Å². The quantitative estimate of drug-likeness (QED) is 0.236. The number of hydrogen-bond donors (Lipinski definition) is 3. The molecule has 0 spiro atoms. The maximum atomic E-state index is 14.3. The third-order valence-corrected chi connectivity index (χ3v) is 7.19. The largest absolute Gasteiger partial charge is 0.481 e. The van der Waals surface area contributed by atoms with E-state index in [1.165, 1.54) is 36.4 Å². The molecule has 0 aromatic heterocycles. The van der Waals surface area contributed by atoms with E-state index >= 15 is 0 Å². The third-order valence-electron chi connectivity index (χ3n) is 6.45. The van der Waals surface area contributed by atoms with Gasteiger partial charge in [0.15, 0.2) is 6.17 Å². The van der Waals surface area contributed by atoms with Crippen LogP contribution in [-0.4, -0.2) is 62.9 Å². The van der Waals surface area contributed by atoms with Crippen molar-refractivity contribution in [3.63, 3.8) is 0 Å². The Morgan fingerprint density at radius 1 is 1.00 bits per heavy atom. The summed E-state index contributed by atoms with van der Waals surface area (Å²) in [4.78, 5) is 64.7. The summed E-state index contributed by atoms with van der Waals surface area (Å²) in [7, 11) is 0. The fourth-order valence-electron chi connectivity index (χ4n) is 4.44. The zero-order chi connectivity index (χ0) is 31.4. The van der Waals surface area contributed by atoms with Crippen LogP contribution < -0.4 is 10.6 Å². The zero-order valence-corrected chi connectivity index (χ0v) is 23.3. The van der Waals surface area contributed by atoms with Gasteiger partial charge in [0, 0.05) is 36.9 Å². The van der Waals surface area contributed by atoms with Crippen molar-refractivity contribution in [2.24, 2.45) is 0 Å². The first-order valence-electron chi connectivity index (χ1n) is 12.4. The van der Waals surface area contributed by atoms with Crippen molar-refractivity contribution < 1.29 is 38.0 Å². The number of halogens is 4. The van der Waals surface area contributed by atoms with Crippen molar-refractivity contribution in [3.8, 4) is 0 Å². The number of carboxylic acids is 1. The normalized spacial score (nSPS) is 15.1. The Labute approximate surface area is 251 Å². The lowest BCUT2D eigenvalue weighted by atomic mass is 10.0. The third kappa shape index (κ3) is 7.16. The van der Waals surface area contributed by atoms with Gasteiger partial charge in [-0.25, -0.2) is 13.6 Å². The molecule has 1 fully saturated rings. The lowest BCUT2D eigenvalue weighted by Gasteiger charge is -2.31. The molecule has 1 aliphatic heterocycles. The molecule has 0 bridgehead atoms. The standard InChI is InChI=1S/C27H21Cl2F2N5O7/c28-18-6-4-15(11-19(18)29)26(40)34-8-9-35(27(41)33-21-7-5-16(30)12-20(21)31)25(34)24(39)32-22(13-23(37)38)14-2-1-3-17(10-14)36(42)43/h1-7,10-12,22,25H,8-9,13H2,(H,32,39)(H,33,41)(H,37,38). The Morgan fingerprint density at radius 2 is 1.72 bits per heavy atom. The van der Waals surface area contributed by atoms with E-state index in [0.717, 1.165) is 28.0 Å². The summed E-state index contributed by atoms with van der Waals surface area (Å²) in [5.41, 5.74) is -0.670. The number of carboxylic acid groups (broad SMARTS) is 1. The SMILES string of the molecule is O=C(O)CC(NC(=O)C1N(C(=O)Nc2ccc(F)cc2F)CCN1C(=O)c1ccc(Cl)c(Cl)c1)c1cccc([N+](=O)[O-])c1. The minimum absolute atomic E-state index is 0.0137. The van der Waals surface area contributed by atoms with E-state index in [-0.39, 0.29) is 39.9 Å². The summed E-state index contributed by atoms with van der Waals surface area (Å²) >= 11 is 12.0. The average molecular weight is 636 g/mol. The second-order valence-corrected chi connectivity index (χ2v) is 10.1. The molecule has 1 aliphatic rings. The van der Waals surface area contributed by atoms with Crippen LogP contribution in [0.25, 0.3) is 0 Å². The highest BCUT2D eigenvalue weighted by atomic mass is 35.5. The Bertz CT molecular complexity index is 1630. The Morgan fingerprint density at radius 3 is 2.37 bits per heavy atom. The van der Waals surface area contributed by atoms with Crippen molar-refractivity contribution in [1.29, 1.82) is 0 Å². The molecular formula is C27H21Cl2F2N5O7. The molecule has 2 atom stereocenters. The highest BCUT2D eigenvalue weighted by molar-refractivity contribution is 6.42. The number of amides is 4. The van der Waals surface area contributed by atoms with Crippen LogP contribution in [-0.2, 0) is 9.59 Å². The van der Waals surface area contributed by atoms with Gasteiger partial charge in [-0.05, 0) is 35.9 Å². The van der Waals surface area contributed by atoms with Gasteiger partial charge >= 0.3 is 12.0 Å². The van der Waals surface area contributed by atoms with E-state index in [1.807, 2.05) is 0 Å². The van der Waals surface area contributed by atoms with Gasteiger partial charge in [0.05, 0.1) is 33.1 Å². The molecule has 3 N–H and O–H groups in total. The first kappa shape index (κ1) is 31.1. The lowest BCUT2D eigenvalue weighted by molar-refractivity contribution is -0.384. The molecule has 0 aliphatic carbocycles. The number of non-ortho nitro benzene ring substituents is 1. The number of nitrogens with zero attached hydrogens (tertiary/aromatic N) is 3. The summed E-state index contributed by atoms with van der Waals surface area (Å²) in [6.45, 7) is -0.406. The van der Waals surface area contributed by atoms with Crippen LogP contribution in [0.4, 0.5) is 25.0 Å². The van der Waals surface area contributed by atoms with Crippen LogP contribution in [0.5, 0.6) is 0 Å². The van der Waals surface area contributed by atoms with Gasteiger partial charge in [0.1, 0.15) is 11.6 Å². The summed E-state index contributed by atoms with van der Waals surface area (Å²) in [6.07, 6.45) is -2.40. The van der Waals surface area contributed by atoms with Gasteiger partial charge in [-0.3, -0.25) is 29.4 Å². The maximum Gasteiger partial charge on any atom is 0.324 e. The summed E-state index contributed by atoms with van der Waals surface area (Å²) in [5.74, 6) is -5.10. The number of urea groups is 1. The smallest absolute Gasteiger partial charge is 0.324 e. The van der Waals surface area contributed by atoms with E-state index in [9.17, 15) is 43.2 Å². The van der Waals surface area contributed by atoms with Crippen LogP contribution in [0.15, 0.2) is 60.7 Å². The molecular weight excluding hydrogens is 615 g/mol. The van der Waals surface area contributed by atoms with Crippen LogP contribution in [0.3, 0.4) is 0 Å². The minimum Gasteiger partial charge on any atom is -0.481 e. The molecule has 224 valence electrons. The number of carbonyl (C=O) groups is 4. The summed E-state index contributed by atoms with van der Waals surface area (Å²) in [5, 5.41) is 25.7. The molecule has 0 radical (unpaired) electrons. The summed E-state index contributed by atoms with van der Waals surface area (Å²) < 4.78 is 27.6. The van der Waals surface area contributed by atoms with E-state index in [2.05, 4.69) is 10.6 Å². The first-order chi connectivity index (χ1) is 20.3. The van der Waals surface area contributed by atoms with E-state index in [1.54, 1.807) is 0 Å². The Balaban J connectivity index is 1.69. The Kier molecular flexibility index (Phi) is 9.41.